The van der Waals surface area contributed by atoms with Gasteiger partial charge in [0.15, 0.2) is 0 Å². The number of carboxylic acid groups (broad SMARTS) is 1. The highest BCUT2D eigenvalue weighted by Gasteiger charge is 2.22. The van der Waals surface area contributed by atoms with Crippen molar-refractivity contribution in [2.45, 2.75) is 69.9 Å². The van der Waals surface area contributed by atoms with E-state index in [4.69, 9.17) is 9.84 Å². The molecule has 28 heavy (non-hydrogen) atoms. The van der Waals surface area contributed by atoms with Crippen LogP contribution in [0.2, 0.25) is 0 Å². The zero-order valence-corrected chi connectivity index (χ0v) is 18.1. The van der Waals surface area contributed by atoms with Crippen molar-refractivity contribution in [3.8, 4) is 0 Å². The Morgan fingerprint density at radius 1 is 1.11 bits per heavy atom. The van der Waals surface area contributed by atoms with Gasteiger partial charge in [-0.3, -0.25) is 19.4 Å². The fraction of sp³-hybridized carbons (Fsp3) is 0.900. The van der Waals surface area contributed by atoms with E-state index in [9.17, 15) is 9.59 Å². The molecule has 1 saturated carbocycles. The first-order chi connectivity index (χ1) is 13.0. The van der Waals surface area contributed by atoms with Crippen LogP contribution < -0.4 is 5.32 Å². The van der Waals surface area contributed by atoms with E-state index in [-0.39, 0.29) is 30.9 Å². The Labute approximate surface area is 175 Å². The molecule has 8 heteroatoms. The zero-order valence-electron chi connectivity index (χ0n) is 17.2. The van der Waals surface area contributed by atoms with Crippen LogP contribution in [0.25, 0.3) is 0 Å². The highest BCUT2D eigenvalue weighted by atomic mass is 35.5. The van der Waals surface area contributed by atoms with Gasteiger partial charge in [0.1, 0.15) is 0 Å². The van der Waals surface area contributed by atoms with Gasteiger partial charge in [-0.05, 0) is 52.1 Å². The lowest BCUT2D eigenvalue weighted by Gasteiger charge is -2.25. The van der Waals surface area contributed by atoms with Gasteiger partial charge in [-0.15, -0.1) is 12.4 Å². The van der Waals surface area contributed by atoms with Gasteiger partial charge in [0.05, 0.1) is 19.2 Å². The topological polar surface area (TPSA) is 82.1 Å². The minimum Gasteiger partial charge on any atom is -0.480 e. The number of carbonyl (C=O) groups is 2. The van der Waals surface area contributed by atoms with Crippen LogP contribution in [0.3, 0.4) is 0 Å². The number of amides is 1. The second-order valence-corrected chi connectivity index (χ2v) is 8.00. The quantitative estimate of drug-likeness (QED) is 0.528. The number of aliphatic carboxylic acids is 1. The Balaban J connectivity index is 0.00000392. The Morgan fingerprint density at radius 3 is 2.57 bits per heavy atom. The average Bonchev–Trinajstić information content (AvgIpc) is 2.87. The number of halogens is 1. The number of hydrogen-bond acceptors (Lipinski definition) is 5. The Hall–Kier alpha value is -0.890. The smallest absolute Gasteiger partial charge is 0.317 e. The number of ether oxygens (including phenoxy) is 1. The summed E-state index contributed by atoms with van der Waals surface area (Å²) in [6.07, 6.45) is 10.5. The first-order valence-electron chi connectivity index (χ1n) is 10.6. The van der Waals surface area contributed by atoms with E-state index in [2.05, 4.69) is 10.2 Å². The Kier molecular flexibility index (Phi) is 12.7. The number of carboxylic acids is 1. The maximum atomic E-state index is 12.2. The molecule has 0 aromatic heterocycles. The van der Waals surface area contributed by atoms with Crippen molar-refractivity contribution in [2.75, 3.05) is 46.4 Å². The molecule has 2 aliphatic rings. The molecule has 1 aliphatic carbocycles. The fourth-order valence-electron chi connectivity index (χ4n) is 4.12. The number of nitrogens with one attached hydrogen (secondary N) is 1. The molecule has 1 amide bonds. The summed E-state index contributed by atoms with van der Waals surface area (Å²) in [5.41, 5.74) is 0. The van der Waals surface area contributed by atoms with Crippen LogP contribution in [0.4, 0.5) is 0 Å². The summed E-state index contributed by atoms with van der Waals surface area (Å²) in [5.74, 6) is -0.713. The van der Waals surface area contributed by atoms with Crippen molar-refractivity contribution in [3.63, 3.8) is 0 Å². The lowest BCUT2D eigenvalue weighted by Crippen LogP contribution is -2.39. The summed E-state index contributed by atoms with van der Waals surface area (Å²) >= 11 is 0. The van der Waals surface area contributed by atoms with E-state index in [0.717, 1.165) is 45.4 Å². The van der Waals surface area contributed by atoms with Crippen LogP contribution in [-0.2, 0) is 14.3 Å². The van der Waals surface area contributed by atoms with Gasteiger partial charge in [0.25, 0.3) is 0 Å². The predicted molar refractivity (Wildman–Crippen MR) is 112 cm³/mol. The molecule has 164 valence electrons. The van der Waals surface area contributed by atoms with Gasteiger partial charge in [0.2, 0.25) is 5.91 Å². The summed E-state index contributed by atoms with van der Waals surface area (Å²) in [6.45, 7) is 3.64. The van der Waals surface area contributed by atoms with Crippen LogP contribution in [0, 0.1) is 0 Å². The lowest BCUT2D eigenvalue weighted by atomic mass is 9.98. The minimum atomic E-state index is -0.787. The maximum Gasteiger partial charge on any atom is 0.317 e. The summed E-state index contributed by atoms with van der Waals surface area (Å²) < 4.78 is 5.88. The van der Waals surface area contributed by atoms with E-state index in [0.29, 0.717) is 19.2 Å². The molecule has 0 radical (unpaired) electrons. The molecule has 1 heterocycles. The van der Waals surface area contributed by atoms with Crippen molar-refractivity contribution in [1.82, 2.24) is 15.1 Å². The SMILES string of the molecule is CN(CC(=O)O)C1CCCN(CC(=O)NCCCOC2CCCCC2)CC1.Cl. The van der Waals surface area contributed by atoms with Crippen molar-refractivity contribution in [2.24, 2.45) is 0 Å². The van der Waals surface area contributed by atoms with Crippen molar-refractivity contribution in [3.05, 3.63) is 0 Å². The number of likely N-dealkylation sites (N-methyl/N-ethyl adjacent to an activating group) is 1. The summed E-state index contributed by atoms with van der Waals surface area (Å²) in [5, 5.41) is 11.9. The summed E-state index contributed by atoms with van der Waals surface area (Å²) in [4.78, 5) is 27.1. The van der Waals surface area contributed by atoms with Crippen LogP contribution in [-0.4, -0.2) is 85.3 Å². The first kappa shape index (κ1) is 25.1. The molecule has 1 aliphatic heterocycles. The monoisotopic (exact) mass is 419 g/mol. The zero-order chi connectivity index (χ0) is 19.5. The van der Waals surface area contributed by atoms with E-state index in [1.54, 1.807) is 0 Å². The summed E-state index contributed by atoms with van der Waals surface area (Å²) in [6, 6.07) is 0.283. The van der Waals surface area contributed by atoms with Gasteiger partial charge in [0, 0.05) is 25.7 Å². The van der Waals surface area contributed by atoms with Crippen molar-refractivity contribution in [1.29, 1.82) is 0 Å². The van der Waals surface area contributed by atoms with Crippen LogP contribution in [0.1, 0.15) is 57.8 Å². The molecule has 2 rings (SSSR count). The largest absolute Gasteiger partial charge is 0.480 e. The number of nitrogens with zero attached hydrogens (tertiary/aromatic N) is 2. The first-order valence-corrected chi connectivity index (χ1v) is 10.6. The highest BCUT2D eigenvalue weighted by molar-refractivity contribution is 5.85. The Morgan fingerprint density at radius 2 is 1.86 bits per heavy atom. The predicted octanol–water partition coefficient (Wildman–Crippen LogP) is 2.13. The van der Waals surface area contributed by atoms with Crippen LogP contribution >= 0.6 is 12.4 Å². The average molecular weight is 420 g/mol. The van der Waals surface area contributed by atoms with Crippen LogP contribution in [0.15, 0.2) is 0 Å². The molecular formula is C20H38ClN3O4. The highest BCUT2D eigenvalue weighted by Crippen LogP contribution is 2.20. The normalized spacial score (nSPS) is 21.7. The molecule has 0 spiro atoms. The second kappa shape index (κ2) is 14.1. The minimum absolute atomic E-state index is 0. The van der Waals surface area contributed by atoms with E-state index in [1.807, 2.05) is 11.9 Å². The van der Waals surface area contributed by atoms with Crippen LogP contribution in [0.5, 0.6) is 0 Å². The van der Waals surface area contributed by atoms with Gasteiger partial charge in [-0.1, -0.05) is 19.3 Å². The van der Waals surface area contributed by atoms with E-state index < -0.39 is 5.97 Å². The number of likely N-dealkylation sites (tertiary alicyclic amines) is 1. The number of hydrogen-bond donors (Lipinski definition) is 2. The molecule has 2 N–H and O–H groups in total. The molecule has 1 atom stereocenters. The third kappa shape index (κ3) is 10.0. The number of rotatable bonds is 10. The van der Waals surface area contributed by atoms with Gasteiger partial charge >= 0.3 is 5.97 Å². The Bertz CT molecular complexity index is 461. The third-order valence-electron chi connectivity index (χ3n) is 5.71. The van der Waals surface area contributed by atoms with Crippen molar-refractivity contribution < 1.29 is 19.4 Å². The maximum absolute atomic E-state index is 12.2. The van der Waals surface area contributed by atoms with Gasteiger partial charge in [-0.25, -0.2) is 0 Å². The molecular weight excluding hydrogens is 382 g/mol. The standard InChI is InChI=1S/C20H37N3O4.ClH/c1-22(16-20(25)26)17-7-5-12-23(13-10-17)15-19(24)21-11-6-14-27-18-8-3-2-4-9-18;/h17-18H,2-16H2,1H3,(H,21,24)(H,25,26);1H. The second-order valence-electron chi connectivity index (χ2n) is 8.00. The molecule has 1 unspecified atom stereocenters. The lowest BCUT2D eigenvalue weighted by molar-refractivity contribution is -0.138. The molecule has 1 saturated heterocycles. The third-order valence-corrected chi connectivity index (χ3v) is 5.71. The molecule has 0 aromatic rings. The fourth-order valence-corrected chi connectivity index (χ4v) is 4.12. The van der Waals surface area contributed by atoms with E-state index in [1.165, 1.54) is 32.1 Å². The van der Waals surface area contributed by atoms with Gasteiger partial charge < -0.3 is 15.2 Å². The van der Waals surface area contributed by atoms with Crippen molar-refractivity contribution >= 4 is 24.3 Å². The number of carbonyl (C=O) groups excluding carboxylic acids is 1. The molecule has 0 aromatic carbocycles. The molecule has 7 nitrogen and oxygen atoms in total. The molecule has 2 fully saturated rings. The summed E-state index contributed by atoms with van der Waals surface area (Å²) in [7, 11) is 1.87. The van der Waals surface area contributed by atoms with E-state index >= 15 is 0 Å². The molecule has 0 bridgehead atoms. The van der Waals surface area contributed by atoms with Gasteiger partial charge in [-0.2, -0.15) is 0 Å².